The van der Waals surface area contributed by atoms with E-state index in [1.807, 2.05) is 23.6 Å². The fourth-order valence-corrected chi connectivity index (χ4v) is 4.55. The quantitative estimate of drug-likeness (QED) is 0.450. The lowest BCUT2D eigenvalue weighted by Gasteiger charge is -2.35. The highest BCUT2D eigenvalue weighted by molar-refractivity contribution is 7.20. The number of ether oxygens (including phenoxy) is 1. The SMILES string of the molecule is CCOc1ncnc2sc(C(=O)N3CCN(c4ccc([N+](=O)[O-])cn4)CC3)c(C)c12. The number of pyridine rings is 1. The summed E-state index contributed by atoms with van der Waals surface area (Å²) in [7, 11) is 0. The molecule has 0 aliphatic carbocycles. The molecule has 3 aromatic heterocycles. The Labute approximate surface area is 176 Å². The summed E-state index contributed by atoms with van der Waals surface area (Å²) in [5.74, 6) is 1.14. The number of thiophene rings is 1. The van der Waals surface area contributed by atoms with Crippen LogP contribution in [0.4, 0.5) is 11.5 Å². The van der Waals surface area contributed by atoms with Gasteiger partial charge < -0.3 is 14.5 Å². The Morgan fingerprint density at radius 3 is 2.63 bits per heavy atom. The Morgan fingerprint density at radius 1 is 1.23 bits per heavy atom. The van der Waals surface area contributed by atoms with Crippen LogP contribution in [0.3, 0.4) is 0 Å². The van der Waals surface area contributed by atoms with Crippen LogP contribution in [-0.2, 0) is 0 Å². The van der Waals surface area contributed by atoms with Crippen molar-refractivity contribution in [2.45, 2.75) is 13.8 Å². The van der Waals surface area contributed by atoms with Gasteiger partial charge in [0.15, 0.2) is 0 Å². The molecule has 0 spiro atoms. The van der Waals surface area contributed by atoms with Crippen molar-refractivity contribution in [3.05, 3.63) is 45.2 Å². The zero-order valence-electron chi connectivity index (χ0n) is 16.6. The standard InChI is InChI=1S/C19H20N6O4S/c1-3-29-17-15-12(2)16(30-18(15)22-11-21-17)19(26)24-8-6-23(7-9-24)14-5-4-13(10-20-14)25(27)28/h4-5,10-11H,3,6-9H2,1-2H3. The Balaban J connectivity index is 1.49. The maximum atomic E-state index is 13.2. The molecule has 0 N–H and O–H groups in total. The van der Waals surface area contributed by atoms with Gasteiger partial charge in [-0.25, -0.2) is 15.0 Å². The van der Waals surface area contributed by atoms with E-state index in [-0.39, 0.29) is 11.6 Å². The Bertz CT molecular complexity index is 1090. The van der Waals surface area contributed by atoms with Crippen LogP contribution in [0, 0.1) is 17.0 Å². The Kier molecular flexibility index (Phi) is 5.44. The largest absolute Gasteiger partial charge is 0.477 e. The molecule has 0 radical (unpaired) electrons. The van der Waals surface area contributed by atoms with E-state index >= 15 is 0 Å². The van der Waals surface area contributed by atoms with Gasteiger partial charge in [0, 0.05) is 32.2 Å². The van der Waals surface area contributed by atoms with E-state index in [1.54, 1.807) is 6.07 Å². The van der Waals surface area contributed by atoms with Crippen molar-refractivity contribution >= 4 is 39.0 Å². The summed E-state index contributed by atoms with van der Waals surface area (Å²) in [5.41, 5.74) is 0.797. The number of aromatic nitrogens is 3. The highest BCUT2D eigenvalue weighted by Crippen LogP contribution is 2.35. The summed E-state index contributed by atoms with van der Waals surface area (Å²) < 4.78 is 5.60. The average molecular weight is 428 g/mol. The van der Waals surface area contributed by atoms with Crippen LogP contribution in [0.1, 0.15) is 22.2 Å². The maximum absolute atomic E-state index is 13.2. The summed E-state index contributed by atoms with van der Waals surface area (Å²) in [6.07, 6.45) is 2.71. The molecule has 3 aromatic rings. The number of piperazine rings is 1. The summed E-state index contributed by atoms with van der Waals surface area (Å²) in [4.78, 5) is 41.4. The number of rotatable bonds is 5. The van der Waals surface area contributed by atoms with E-state index in [0.29, 0.717) is 49.4 Å². The molecular weight excluding hydrogens is 408 g/mol. The van der Waals surface area contributed by atoms with Gasteiger partial charge in [0.25, 0.3) is 11.6 Å². The van der Waals surface area contributed by atoms with Crippen molar-refractivity contribution in [1.29, 1.82) is 0 Å². The number of fused-ring (bicyclic) bond motifs is 1. The summed E-state index contributed by atoms with van der Waals surface area (Å²) >= 11 is 1.36. The second kappa shape index (κ2) is 8.19. The Hall–Kier alpha value is -3.34. The first-order chi connectivity index (χ1) is 14.5. The smallest absolute Gasteiger partial charge is 0.287 e. The number of hydrogen-bond donors (Lipinski definition) is 0. The summed E-state index contributed by atoms with van der Waals surface area (Å²) in [6.45, 7) is 6.55. The first-order valence-electron chi connectivity index (χ1n) is 9.51. The molecule has 1 aliphatic rings. The lowest BCUT2D eigenvalue weighted by Crippen LogP contribution is -2.49. The van der Waals surface area contributed by atoms with E-state index in [0.717, 1.165) is 15.8 Å². The first kappa shape index (κ1) is 20.0. The molecule has 1 saturated heterocycles. The molecule has 0 atom stereocenters. The molecule has 0 bridgehead atoms. The lowest BCUT2D eigenvalue weighted by molar-refractivity contribution is -0.385. The molecule has 0 saturated carbocycles. The fourth-order valence-electron chi connectivity index (χ4n) is 3.45. The zero-order chi connectivity index (χ0) is 21.3. The molecule has 0 unspecified atom stereocenters. The minimum atomic E-state index is -0.470. The van der Waals surface area contributed by atoms with E-state index in [4.69, 9.17) is 4.74 Å². The van der Waals surface area contributed by atoms with Gasteiger partial charge >= 0.3 is 0 Å². The van der Waals surface area contributed by atoms with Crippen molar-refractivity contribution in [2.75, 3.05) is 37.7 Å². The fraction of sp³-hybridized carbons (Fsp3) is 0.368. The van der Waals surface area contributed by atoms with E-state index in [9.17, 15) is 14.9 Å². The molecule has 156 valence electrons. The van der Waals surface area contributed by atoms with Crippen LogP contribution in [0.2, 0.25) is 0 Å². The van der Waals surface area contributed by atoms with Crippen LogP contribution in [0.5, 0.6) is 5.88 Å². The third-order valence-electron chi connectivity index (χ3n) is 5.00. The van der Waals surface area contributed by atoms with Gasteiger partial charge in [-0.2, -0.15) is 0 Å². The summed E-state index contributed by atoms with van der Waals surface area (Å²) in [6, 6.07) is 3.08. The van der Waals surface area contributed by atoms with Crippen LogP contribution in [0.15, 0.2) is 24.7 Å². The van der Waals surface area contributed by atoms with Gasteiger partial charge in [-0.3, -0.25) is 14.9 Å². The maximum Gasteiger partial charge on any atom is 0.287 e. The van der Waals surface area contributed by atoms with Gasteiger partial charge in [-0.15, -0.1) is 11.3 Å². The van der Waals surface area contributed by atoms with Crippen molar-refractivity contribution in [3.8, 4) is 5.88 Å². The molecular formula is C19H20N6O4S. The molecule has 0 aromatic carbocycles. The van der Waals surface area contributed by atoms with Crippen LogP contribution < -0.4 is 9.64 Å². The van der Waals surface area contributed by atoms with Crippen LogP contribution >= 0.6 is 11.3 Å². The number of anilines is 1. The molecule has 11 heteroatoms. The lowest BCUT2D eigenvalue weighted by atomic mass is 10.2. The normalized spacial score (nSPS) is 14.2. The highest BCUT2D eigenvalue weighted by atomic mass is 32.1. The number of nitro groups is 1. The highest BCUT2D eigenvalue weighted by Gasteiger charge is 2.27. The van der Waals surface area contributed by atoms with Gasteiger partial charge in [0.05, 0.1) is 21.8 Å². The van der Waals surface area contributed by atoms with Crippen molar-refractivity contribution in [1.82, 2.24) is 19.9 Å². The monoisotopic (exact) mass is 428 g/mol. The molecule has 4 heterocycles. The van der Waals surface area contributed by atoms with E-state index < -0.39 is 4.92 Å². The number of aryl methyl sites for hydroxylation is 1. The Morgan fingerprint density at radius 2 is 2.00 bits per heavy atom. The topological polar surface area (TPSA) is 115 Å². The third-order valence-corrected chi connectivity index (χ3v) is 6.19. The van der Waals surface area contributed by atoms with Crippen LogP contribution in [0.25, 0.3) is 10.2 Å². The number of carbonyl (C=O) groups is 1. The van der Waals surface area contributed by atoms with Gasteiger partial charge in [-0.05, 0) is 25.5 Å². The number of carbonyl (C=O) groups excluding carboxylic acids is 1. The molecule has 1 fully saturated rings. The van der Waals surface area contributed by atoms with Crippen LogP contribution in [-0.4, -0.2) is 63.5 Å². The molecule has 1 amide bonds. The molecule has 4 rings (SSSR count). The summed E-state index contributed by atoms with van der Waals surface area (Å²) in [5, 5.41) is 11.6. The molecule has 30 heavy (non-hydrogen) atoms. The zero-order valence-corrected chi connectivity index (χ0v) is 17.4. The van der Waals surface area contributed by atoms with Crippen molar-refractivity contribution in [3.63, 3.8) is 0 Å². The third kappa shape index (κ3) is 3.63. The predicted molar refractivity (Wildman–Crippen MR) is 112 cm³/mol. The van der Waals surface area contributed by atoms with Crippen molar-refractivity contribution < 1.29 is 14.5 Å². The average Bonchev–Trinajstić information content (AvgIpc) is 3.11. The van der Waals surface area contributed by atoms with E-state index in [1.165, 1.54) is 29.9 Å². The van der Waals surface area contributed by atoms with Crippen molar-refractivity contribution in [2.24, 2.45) is 0 Å². The number of hydrogen-bond acceptors (Lipinski definition) is 9. The van der Waals surface area contributed by atoms with Gasteiger partial charge in [0.1, 0.15) is 23.2 Å². The van der Waals surface area contributed by atoms with Gasteiger partial charge in [-0.1, -0.05) is 0 Å². The minimum absolute atomic E-state index is 0.0331. The molecule has 10 nitrogen and oxygen atoms in total. The second-order valence-electron chi connectivity index (χ2n) is 6.76. The second-order valence-corrected chi connectivity index (χ2v) is 7.76. The van der Waals surface area contributed by atoms with E-state index in [2.05, 4.69) is 15.0 Å². The minimum Gasteiger partial charge on any atom is -0.477 e. The number of nitrogens with zero attached hydrogens (tertiary/aromatic N) is 6. The molecule has 1 aliphatic heterocycles. The number of amides is 1. The predicted octanol–water partition coefficient (Wildman–Crippen LogP) is 2.66. The van der Waals surface area contributed by atoms with Gasteiger partial charge in [0.2, 0.25) is 5.88 Å². The first-order valence-corrected chi connectivity index (χ1v) is 10.3.